The van der Waals surface area contributed by atoms with E-state index in [0.29, 0.717) is 17.5 Å². The van der Waals surface area contributed by atoms with Crippen LogP contribution in [0.25, 0.3) is 45.5 Å². The Morgan fingerprint density at radius 2 is 1.03 bits per heavy atom. The van der Waals surface area contributed by atoms with Gasteiger partial charge in [0.2, 0.25) is 0 Å². The van der Waals surface area contributed by atoms with Crippen molar-refractivity contribution in [3.63, 3.8) is 0 Å². The number of hydrazone groups is 1. The molecule has 3 aromatic heterocycles. The van der Waals surface area contributed by atoms with Crippen LogP contribution in [-0.4, -0.2) is 47.3 Å². The second-order valence-electron chi connectivity index (χ2n) is 9.07. The largest absolute Gasteiger partial charge is 0.265 e. The van der Waals surface area contributed by atoms with Gasteiger partial charge in [-0.1, -0.05) is 36.4 Å². The van der Waals surface area contributed by atoms with E-state index in [0.717, 1.165) is 46.7 Å². The zero-order valence-corrected chi connectivity index (χ0v) is 20.9. The SMILES string of the molecule is C1=NN(c2cccc(-c3nc(-c4cccc(-n5cccn5)c4)nc(-c4cccc(-n5cccn5)c4)n3)c2)CC1. The van der Waals surface area contributed by atoms with Crippen molar-refractivity contribution in [1.29, 1.82) is 0 Å². The normalized spacial score (nSPS) is 12.8. The highest BCUT2D eigenvalue weighted by Gasteiger charge is 2.16. The van der Waals surface area contributed by atoms with E-state index < -0.39 is 0 Å². The second-order valence-corrected chi connectivity index (χ2v) is 9.07. The molecule has 1 aliphatic rings. The van der Waals surface area contributed by atoms with Gasteiger partial charge in [-0.15, -0.1) is 0 Å². The first-order chi connectivity index (χ1) is 19.3. The van der Waals surface area contributed by atoms with Crippen molar-refractivity contribution in [3.05, 3.63) is 110 Å². The standard InChI is InChI=1S/C30H23N9/c1-7-22(19-25(10-1)37-16-4-13-31-37)28-34-29(23-8-2-11-26(20-23)38-17-5-14-32-38)36-30(35-28)24-9-3-12-27(21-24)39-18-6-15-33-39/h1-5,7-17,19-21H,6,18H2. The summed E-state index contributed by atoms with van der Waals surface area (Å²) in [6, 6.07) is 28.0. The molecule has 0 bridgehead atoms. The summed E-state index contributed by atoms with van der Waals surface area (Å²) in [6.45, 7) is 0.859. The van der Waals surface area contributed by atoms with E-state index >= 15 is 0 Å². The maximum absolute atomic E-state index is 4.94. The van der Waals surface area contributed by atoms with Crippen LogP contribution >= 0.6 is 0 Å². The van der Waals surface area contributed by atoms with E-state index in [4.69, 9.17) is 15.0 Å². The van der Waals surface area contributed by atoms with Crippen LogP contribution in [0.2, 0.25) is 0 Å². The van der Waals surface area contributed by atoms with Crippen molar-refractivity contribution in [1.82, 2.24) is 34.5 Å². The van der Waals surface area contributed by atoms with Gasteiger partial charge in [-0.3, -0.25) is 5.01 Å². The van der Waals surface area contributed by atoms with Crippen LogP contribution in [0.1, 0.15) is 6.42 Å². The summed E-state index contributed by atoms with van der Waals surface area (Å²) in [5, 5.41) is 15.2. The Kier molecular flexibility index (Phi) is 5.71. The quantitative estimate of drug-likeness (QED) is 0.297. The predicted molar refractivity (Wildman–Crippen MR) is 151 cm³/mol. The van der Waals surface area contributed by atoms with Gasteiger partial charge in [-0.2, -0.15) is 15.3 Å². The zero-order chi connectivity index (χ0) is 26.0. The van der Waals surface area contributed by atoms with E-state index in [1.807, 2.05) is 106 Å². The molecule has 0 spiro atoms. The molecule has 0 N–H and O–H groups in total. The lowest BCUT2D eigenvalue weighted by molar-refractivity contribution is 0.880. The molecule has 9 heteroatoms. The van der Waals surface area contributed by atoms with Gasteiger partial charge >= 0.3 is 0 Å². The van der Waals surface area contributed by atoms with Crippen molar-refractivity contribution in [2.45, 2.75) is 6.42 Å². The third-order valence-electron chi connectivity index (χ3n) is 6.48. The van der Waals surface area contributed by atoms with Crippen LogP contribution in [0.3, 0.4) is 0 Å². The lowest BCUT2D eigenvalue weighted by Crippen LogP contribution is -2.11. The molecular formula is C30H23N9. The lowest BCUT2D eigenvalue weighted by atomic mass is 10.1. The maximum atomic E-state index is 4.94. The summed E-state index contributed by atoms with van der Waals surface area (Å²) >= 11 is 0. The van der Waals surface area contributed by atoms with Crippen LogP contribution in [0.5, 0.6) is 0 Å². The van der Waals surface area contributed by atoms with E-state index in [2.05, 4.69) is 27.4 Å². The minimum atomic E-state index is 0.582. The Labute approximate surface area is 224 Å². The molecule has 7 rings (SSSR count). The van der Waals surface area contributed by atoms with Crippen LogP contribution in [-0.2, 0) is 0 Å². The summed E-state index contributed by atoms with van der Waals surface area (Å²) in [5.74, 6) is 1.75. The monoisotopic (exact) mass is 509 g/mol. The number of aromatic nitrogens is 7. The van der Waals surface area contributed by atoms with Crippen molar-refractivity contribution >= 4 is 11.9 Å². The summed E-state index contributed by atoms with van der Waals surface area (Å²) in [4.78, 5) is 14.8. The van der Waals surface area contributed by atoms with Gasteiger partial charge in [0, 0.05) is 60.7 Å². The Morgan fingerprint density at radius 3 is 1.46 bits per heavy atom. The molecule has 1 aliphatic heterocycles. The molecule has 0 saturated carbocycles. The van der Waals surface area contributed by atoms with Gasteiger partial charge < -0.3 is 0 Å². The Morgan fingerprint density at radius 1 is 0.538 bits per heavy atom. The third kappa shape index (κ3) is 4.57. The van der Waals surface area contributed by atoms with Gasteiger partial charge in [0.25, 0.3) is 0 Å². The molecule has 0 unspecified atom stereocenters. The first-order valence-electron chi connectivity index (χ1n) is 12.7. The third-order valence-corrected chi connectivity index (χ3v) is 6.48. The number of benzene rings is 3. The highest BCUT2D eigenvalue weighted by Crippen LogP contribution is 2.29. The van der Waals surface area contributed by atoms with Crippen LogP contribution < -0.4 is 5.01 Å². The van der Waals surface area contributed by atoms with Gasteiger partial charge in [0.05, 0.1) is 17.1 Å². The highest BCUT2D eigenvalue weighted by atomic mass is 15.5. The predicted octanol–water partition coefficient (Wildman–Crippen LogP) is 5.44. The number of hydrogen-bond donors (Lipinski definition) is 0. The molecule has 4 heterocycles. The van der Waals surface area contributed by atoms with E-state index in [-0.39, 0.29) is 0 Å². The fraction of sp³-hybridized carbons (Fsp3) is 0.0667. The van der Waals surface area contributed by atoms with Crippen LogP contribution in [0.15, 0.2) is 115 Å². The summed E-state index contributed by atoms with van der Waals surface area (Å²) in [7, 11) is 0. The number of nitrogens with zero attached hydrogens (tertiary/aromatic N) is 9. The molecule has 39 heavy (non-hydrogen) atoms. The molecule has 0 amide bonds. The van der Waals surface area contributed by atoms with Gasteiger partial charge in [-0.25, -0.2) is 24.3 Å². The summed E-state index contributed by atoms with van der Waals surface area (Å²) in [6.07, 6.45) is 10.2. The zero-order valence-electron chi connectivity index (χ0n) is 20.9. The van der Waals surface area contributed by atoms with Crippen molar-refractivity contribution < 1.29 is 0 Å². The Balaban J connectivity index is 1.37. The minimum absolute atomic E-state index is 0.582. The minimum Gasteiger partial charge on any atom is -0.265 e. The fourth-order valence-corrected chi connectivity index (χ4v) is 4.58. The molecule has 188 valence electrons. The number of hydrogen-bond acceptors (Lipinski definition) is 7. The average Bonchev–Trinajstić information content (AvgIpc) is 3.81. The van der Waals surface area contributed by atoms with Gasteiger partial charge in [0.1, 0.15) is 0 Å². The van der Waals surface area contributed by atoms with Crippen LogP contribution in [0, 0.1) is 0 Å². The molecule has 3 aromatic carbocycles. The Bertz CT molecular complexity index is 1680. The topological polar surface area (TPSA) is 89.9 Å². The molecule has 9 nitrogen and oxygen atoms in total. The maximum Gasteiger partial charge on any atom is 0.164 e. The van der Waals surface area contributed by atoms with Crippen molar-refractivity contribution in [2.75, 3.05) is 11.6 Å². The number of rotatable bonds is 6. The van der Waals surface area contributed by atoms with E-state index in [1.165, 1.54) is 0 Å². The smallest absolute Gasteiger partial charge is 0.164 e. The Hall–Kier alpha value is -5.44. The lowest BCUT2D eigenvalue weighted by Gasteiger charge is -2.15. The van der Waals surface area contributed by atoms with Gasteiger partial charge in [0.15, 0.2) is 17.5 Å². The summed E-state index contributed by atoms with van der Waals surface area (Å²) < 4.78 is 3.64. The first-order valence-corrected chi connectivity index (χ1v) is 12.7. The summed E-state index contributed by atoms with van der Waals surface area (Å²) in [5.41, 5.74) is 5.50. The van der Waals surface area contributed by atoms with Crippen molar-refractivity contribution in [2.24, 2.45) is 5.10 Å². The van der Waals surface area contributed by atoms with Crippen molar-refractivity contribution in [3.8, 4) is 45.5 Å². The van der Waals surface area contributed by atoms with Gasteiger partial charge in [-0.05, 0) is 48.5 Å². The molecule has 6 aromatic rings. The molecule has 0 saturated heterocycles. The fourth-order valence-electron chi connectivity index (χ4n) is 4.58. The first kappa shape index (κ1) is 22.7. The number of anilines is 1. The molecule has 0 atom stereocenters. The van der Waals surface area contributed by atoms with E-state index in [1.54, 1.807) is 12.4 Å². The average molecular weight is 510 g/mol. The highest BCUT2D eigenvalue weighted by molar-refractivity contribution is 5.71. The molecular weight excluding hydrogens is 486 g/mol. The van der Waals surface area contributed by atoms with Crippen LogP contribution in [0.4, 0.5) is 5.69 Å². The molecule has 0 fully saturated rings. The molecule has 0 aliphatic carbocycles. The second kappa shape index (κ2) is 9.79. The molecule has 0 radical (unpaired) electrons. The van der Waals surface area contributed by atoms with E-state index in [9.17, 15) is 0 Å².